The Morgan fingerprint density at radius 1 is 1.37 bits per heavy atom. The maximum absolute atomic E-state index is 13.8. The summed E-state index contributed by atoms with van der Waals surface area (Å²) in [6.07, 6.45) is 5.03. The largest absolute Gasteiger partial charge is 0.299 e. The van der Waals surface area contributed by atoms with Crippen molar-refractivity contribution >= 4 is 0 Å². The molecule has 3 heteroatoms. The quantitative estimate of drug-likeness (QED) is 0.825. The van der Waals surface area contributed by atoms with E-state index in [1.165, 1.54) is 31.7 Å². The number of benzene rings is 1. The molecule has 0 bridgehead atoms. The minimum atomic E-state index is -0.255. The van der Waals surface area contributed by atoms with Crippen molar-refractivity contribution in [1.82, 2.24) is 4.90 Å². The van der Waals surface area contributed by atoms with Crippen LogP contribution in [0.2, 0.25) is 0 Å². The average molecular weight is 260 g/mol. The summed E-state index contributed by atoms with van der Waals surface area (Å²) in [5, 5.41) is 8.73. The van der Waals surface area contributed by atoms with Crippen molar-refractivity contribution < 1.29 is 4.39 Å². The molecule has 1 aromatic carbocycles. The van der Waals surface area contributed by atoms with Gasteiger partial charge in [-0.25, -0.2) is 4.39 Å². The molecule has 0 spiro atoms. The van der Waals surface area contributed by atoms with E-state index in [1.54, 1.807) is 12.1 Å². The fraction of sp³-hybridized carbons (Fsp3) is 0.562. The Morgan fingerprint density at radius 3 is 2.68 bits per heavy atom. The standard InChI is InChI=1S/C16H21FN2/c1-2-3-13-6-8-19(9-7-13)12-15-5-4-14(11-18)10-16(15)17/h4-5,10,13H,2-3,6-9,12H2,1H3. The first-order valence-electron chi connectivity index (χ1n) is 7.13. The molecule has 0 aliphatic carbocycles. The summed E-state index contributed by atoms with van der Waals surface area (Å²) in [4.78, 5) is 2.32. The summed E-state index contributed by atoms with van der Waals surface area (Å²) in [7, 11) is 0. The van der Waals surface area contributed by atoms with E-state index in [2.05, 4.69) is 11.8 Å². The molecular weight excluding hydrogens is 239 g/mol. The Hall–Kier alpha value is -1.40. The molecule has 0 saturated carbocycles. The molecule has 2 rings (SSSR count). The summed E-state index contributed by atoms with van der Waals surface area (Å²) >= 11 is 0. The third-order valence-corrected chi connectivity index (χ3v) is 3.98. The van der Waals surface area contributed by atoms with E-state index < -0.39 is 0 Å². The van der Waals surface area contributed by atoms with Gasteiger partial charge in [0.2, 0.25) is 0 Å². The molecule has 2 nitrogen and oxygen atoms in total. The predicted octanol–water partition coefficient (Wildman–Crippen LogP) is 3.71. The van der Waals surface area contributed by atoms with Crippen molar-refractivity contribution in [3.63, 3.8) is 0 Å². The molecule has 1 aliphatic heterocycles. The van der Waals surface area contributed by atoms with E-state index in [9.17, 15) is 4.39 Å². The van der Waals surface area contributed by atoms with E-state index >= 15 is 0 Å². The summed E-state index contributed by atoms with van der Waals surface area (Å²) in [5.74, 6) is 0.599. The Morgan fingerprint density at radius 2 is 2.11 bits per heavy atom. The molecular formula is C16H21FN2. The summed E-state index contributed by atoms with van der Waals surface area (Å²) < 4.78 is 13.8. The third-order valence-electron chi connectivity index (χ3n) is 3.98. The average Bonchev–Trinajstić information content (AvgIpc) is 2.43. The van der Waals surface area contributed by atoms with Crippen LogP contribution in [0.4, 0.5) is 4.39 Å². The number of nitriles is 1. The van der Waals surface area contributed by atoms with E-state index in [0.29, 0.717) is 17.7 Å². The third kappa shape index (κ3) is 3.78. The fourth-order valence-electron chi connectivity index (χ4n) is 2.83. The van der Waals surface area contributed by atoms with Gasteiger partial charge < -0.3 is 0 Å². The topological polar surface area (TPSA) is 27.0 Å². The highest BCUT2D eigenvalue weighted by Crippen LogP contribution is 2.23. The van der Waals surface area contributed by atoms with Gasteiger partial charge in [-0.15, -0.1) is 0 Å². The van der Waals surface area contributed by atoms with Gasteiger partial charge in [0.25, 0.3) is 0 Å². The van der Waals surface area contributed by atoms with Crippen molar-refractivity contribution in [2.45, 2.75) is 39.2 Å². The maximum Gasteiger partial charge on any atom is 0.129 e. The van der Waals surface area contributed by atoms with Gasteiger partial charge in [-0.2, -0.15) is 5.26 Å². The molecule has 0 atom stereocenters. The van der Waals surface area contributed by atoms with Gasteiger partial charge in [-0.05, 0) is 44.0 Å². The minimum Gasteiger partial charge on any atom is -0.299 e. The Kier molecular flexibility index (Phi) is 4.93. The van der Waals surface area contributed by atoms with Crippen molar-refractivity contribution in [2.75, 3.05) is 13.1 Å². The van der Waals surface area contributed by atoms with Gasteiger partial charge in [-0.3, -0.25) is 4.90 Å². The number of rotatable bonds is 4. The van der Waals surface area contributed by atoms with Crippen LogP contribution in [0.5, 0.6) is 0 Å². The van der Waals surface area contributed by atoms with Gasteiger partial charge in [0, 0.05) is 12.1 Å². The predicted molar refractivity (Wildman–Crippen MR) is 74.0 cm³/mol. The van der Waals surface area contributed by atoms with Crippen molar-refractivity contribution in [3.05, 3.63) is 35.1 Å². The summed E-state index contributed by atoms with van der Waals surface area (Å²) in [6, 6.07) is 6.74. The van der Waals surface area contributed by atoms with Gasteiger partial charge in [0.05, 0.1) is 11.6 Å². The Labute approximate surface area is 114 Å². The van der Waals surface area contributed by atoms with Crippen LogP contribution >= 0.6 is 0 Å². The van der Waals surface area contributed by atoms with E-state index in [-0.39, 0.29) is 5.82 Å². The lowest BCUT2D eigenvalue weighted by atomic mass is 9.92. The number of hydrogen-bond donors (Lipinski definition) is 0. The number of likely N-dealkylation sites (tertiary alicyclic amines) is 1. The molecule has 1 fully saturated rings. The smallest absolute Gasteiger partial charge is 0.129 e. The fourth-order valence-corrected chi connectivity index (χ4v) is 2.83. The SMILES string of the molecule is CCCC1CCN(Cc2ccc(C#N)cc2F)CC1. The van der Waals surface area contributed by atoms with Crippen LogP contribution in [0.15, 0.2) is 18.2 Å². The first-order chi connectivity index (χ1) is 9.22. The van der Waals surface area contributed by atoms with Crippen LogP contribution in [-0.4, -0.2) is 18.0 Å². The zero-order chi connectivity index (χ0) is 13.7. The van der Waals surface area contributed by atoms with Crippen LogP contribution in [0.1, 0.15) is 43.7 Å². The Bertz CT molecular complexity index is 456. The molecule has 0 amide bonds. The van der Waals surface area contributed by atoms with Gasteiger partial charge in [0.15, 0.2) is 0 Å². The highest BCUT2D eigenvalue weighted by atomic mass is 19.1. The molecule has 1 saturated heterocycles. The second-order valence-corrected chi connectivity index (χ2v) is 5.43. The van der Waals surface area contributed by atoms with Crippen LogP contribution in [0, 0.1) is 23.1 Å². The lowest BCUT2D eigenvalue weighted by Gasteiger charge is -2.31. The maximum atomic E-state index is 13.8. The zero-order valence-corrected chi connectivity index (χ0v) is 11.5. The number of nitrogens with zero attached hydrogens (tertiary/aromatic N) is 2. The molecule has 0 N–H and O–H groups in total. The summed E-state index contributed by atoms with van der Waals surface area (Å²) in [6.45, 7) is 5.02. The number of halogens is 1. The van der Waals surface area contributed by atoms with E-state index in [4.69, 9.17) is 5.26 Å². The van der Waals surface area contributed by atoms with E-state index in [1.807, 2.05) is 6.07 Å². The van der Waals surface area contributed by atoms with Gasteiger partial charge in [0.1, 0.15) is 5.82 Å². The summed E-state index contributed by atoms with van der Waals surface area (Å²) in [5.41, 5.74) is 1.09. The van der Waals surface area contributed by atoms with Crippen LogP contribution in [0.3, 0.4) is 0 Å². The highest BCUT2D eigenvalue weighted by molar-refractivity contribution is 5.32. The number of hydrogen-bond acceptors (Lipinski definition) is 2. The molecule has 0 unspecified atom stereocenters. The molecule has 19 heavy (non-hydrogen) atoms. The van der Waals surface area contributed by atoms with Crippen LogP contribution < -0.4 is 0 Å². The van der Waals surface area contributed by atoms with Crippen molar-refractivity contribution in [1.29, 1.82) is 5.26 Å². The molecule has 102 valence electrons. The first-order valence-corrected chi connectivity index (χ1v) is 7.13. The lowest BCUT2D eigenvalue weighted by Crippen LogP contribution is -2.33. The van der Waals surface area contributed by atoms with Crippen molar-refractivity contribution in [2.24, 2.45) is 5.92 Å². The molecule has 1 aromatic rings. The van der Waals surface area contributed by atoms with Crippen molar-refractivity contribution in [3.8, 4) is 6.07 Å². The van der Waals surface area contributed by atoms with Crippen LogP contribution in [-0.2, 0) is 6.54 Å². The number of piperidine rings is 1. The Balaban J connectivity index is 1.91. The zero-order valence-electron chi connectivity index (χ0n) is 11.5. The lowest BCUT2D eigenvalue weighted by molar-refractivity contribution is 0.170. The minimum absolute atomic E-state index is 0.255. The molecule has 1 aliphatic rings. The monoisotopic (exact) mass is 260 g/mol. The molecule has 0 aromatic heterocycles. The highest BCUT2D eigenvalue weighted by Gasteiger charge is 2.19. The second kappa shape index (κ2) is 6.68. The van der Waals surface area contributed by atoms with Crippen LogP contribution in [0.25, 0.3) is 0 Å². The normalized spacial score (nSPS) is 17.3. The molecule has 1 heterocycles. The molecule has 0 radical (unpaired) electrons. The van der Waals surface area contributed by atoms with E-state index in [0.717, 1.165) is 19.0 Å². The van der Waals surface area contributed by atoms with Gasteiger partial charge >= 0.3 is 0 Å². The second-order valence-electron chi connectivity index (χ2n) is 5.43. The van der Waals surface area contributed by atoms with Gasteiger partial charge in [-0.1, -0.05) is 25.8 Å². The first kappa shape index (κ1) is 14.0.